The van der Waals surface area contributed by atoms with E-state index in [-0.39, 0.29) is 6.61 Å². The van der Waals surface area contributed by atoms with E-state index < -0.39 is 0 Å². The van der Waals surface area contributed by atoms with Crippen LogP contribution in [0, 0.1) is 11.3 Å². The summed E-state index contributed by atoms with van der Waals surface area (Å²) in [6.07, 6.45) is 1.68. The zero-order valence-electron chi connectivity index (χ0n) is 5.80. The number of nitriles is 1. The summed E-state index contributed by atoms with van der Waals surface area (Å²) in [5.41, 5.74) is 4.78. The molecule has 3 N–H and O–H groups in total. The zero-order chi connectivity index (χ0) is 7.54. The maximum absolute atomic E-state index is 7.82. The normalized spacial score (nSPS) is 6.89. The Morgan fingerprint density at radius 1 is 1.67 bits per heavy atom. The molecular formula is C6H14N2O. The molecule has 0 spiro atoms. The number of unbranched alkanes of at least 4 members (excludes halogenated alkanes) is 1. The molecule has 0 fully saturated rings. The minimum absolute atomic E-state index is 0.0972. The second-order valence-electron chi connectivity index (χ2n) is 1.42. The molecular weight excluding hydrogens is 116 g/mol. The van der Waals surface area contributed by atoms with Crippen LogP contribution in [-0.2, 0) is 0 Å². The van der Waals surface area contributed by atoms with Crippen molar-refractivity contribution < 1.29 is 5.11 Å². The zero-order valence-corrected chi connectivity index (χ0v) is 5.80. The topological polar surface area (TPSA) is 70.0 Å². The number of nitrogens with zero attached hydrogens (tertiary/aromatic N) is 1. The van der Waals surface area contributed by atoms with E-state index in [0.29, 0.717) is 13.0 Å². The van der Waals surface area contributed by atoms with Gasteiger partial charge in [0.25, 0.3) is 0 Å². The van der Waals surface area contributed by atoms with Crippen LogP contribution in [0.5, 0.6) is 0 Å². The van der Waals surface area contributed by atoms with Crippen molar-refractivity contribution in [1.82, 2.24) is 0 Å². The Labute approximate surface area is 56.1 Å². The highest BCUT2D eigenvalue weighted by Crippen LogP contribution is 1.77. The Morgan fingerprint density at radius 2 is 2.11 bits per heavy atom. The van der Waals surface area contributed by atoms with Gasteiger partial charge in [0.15, 0.2) is 0 Å². The quantitative estimate of drug-likeness (QED) is 0.562. The Hall–Kier alpha value is -0.590. The summed E-state index contributed by atoms with van der Waals surface area (Å²) in [4.78, 5) is 0. The van der Waals surface area contributed by atoms with Crippen LogP contribution in [-0.4, -0.2) is 18.3 Å². The molecule has 0 aliphatic heterocycles. The van der Waals surface area contributed by atoms with Gasteiger partial charge in [-0.2, -0.15) is 5.26 Å². The summed E-state index contributed by atoms with van der Waals surface area (Å²) < 4.78 is 0. The Kier molecular flexibility index (Phi) is 19.5. The van der Waals surface area contributed by atoms with Crippen molar-refractivity contribution >= 4 is 0 Å². The number of hydrogen-bond acceptors (Lipinski definition) is 3. The van der Waals surface area contributed by atoms with Gasteiger partial charge < -0.3 is 10.8 Å². The van der Waals surface area contributed by atoms with Gasteiger partial charge in [-0.3, -0.25) is 0 Å². The molecule has 0 aromatic rings. The van der Waals surface area contributed by atoms with E-state index in [1.807, 2.05) is 13.0 Å². The Bertz CT molecular complexity index is 65.9. The molecule has 0 radical (unpaired) electrons. The van der Waals surface area contributed by atoms with Gasteiger partial charge in [-0.25, -0.2) is 0 Å². The molecule has 0 aliphatic rings. The Balaban J connectivity index is 0. The number of hydrogen-bond donors (Lipinski definition) is 2. The van der Waals surface area contributed by atoms with Crippen molar-refractivity contribution in [2.45, 2.75) is 19.8 Å². The summed E-state index contributed by atoms with van der Waals surface area (Å²) in [6.45, 7) is 2.46. The maximum atomic E-state index is 7.82. The molecule has 0 saturated carbocycles. The van der Waals surface area contributed by atoms with E-state index in [4.69, 9.17) is 16.1 Å². The second-order valence-corrected chi connectivity index (χ2v) is 1.42. The van der Waals surface area contributed by atoms with Gasteiger partial charge in [-0.1, -0.05) is 6.92 Å². The predicted molar refractivity (Wildman–Crippen MR) is 36.7 cm³/mol. The van der Waals surface area contributed by atoms with Crippen LogP contribution in [0.2, 0.25) is 0 Å². The minimum Gasteiger partial charge on any atom is -0.395 e. The molecule has 0 unspecified atom stereocenters. The van der Waals surface area contributed by atoms with E-state index in [0.717, 1.165) is 6.42 Å². The number of aliphatic hydroxyl groups excluding tert-OH is 1. The summed E-state index contributed by atoms with van der Waals surface area (Å²) in [5, 5.41) is 15.6. The molecule has 0 rings (SSSR count). The van der Waals surface area contributed by atoms with Gasteiger partial charge in [0.05, 0.1) is 12.7 Å². The number of nitrogens with two attached hydrogens (primary N) is 1. The molecule has 0 heterocycles. The lowest BCUT2D eigenvalue weighted by Crippen LogP contribution is -2.02. The van der Waals surface area contributed by atoms with Gasteiger partial charge in [0, 0.05) is 13.0 Å². The third-order valence-corrected chi connectivity index (χ3v) is 0.491. The lowest BCUT2D eigenvalue weighted by Gasteiger charge is -1.71. The molecule has 9 heavy (non-hydrogen) atoms. The van der Waals surface area contributed by atoms with Crippen molar-refractivity contribution in [2.75, 3.05) is 13.2 Å². The molecule has 0 atom stereocenters. The first-order valence-corrected chi connectivity index (χ1v) is 3.01. The fourth-order valence-corrected chi connectivity index (χ4v) is 0.112. The molecule has 0 aliphatic carbocycles. The van der Waals surface area contributed by atoms with Crippen LogP contribution in [0.3, 0.4) is 0 Å². The third kappa shape index (κ3) is 37.3. The first-order chi connectivity index (χ1) is 4.33. The van der Waals surface area contributed by atoms with Crippen LogP contribution in [0.25, 0.3) is 0 Å². The van der Waals surface area contributed by atoms with Crippen molar-refractivity contribution in [3.63, 3.8) is 0 Å². The van der Waals surface area contributed by atoms with Gasteiger partial charge in [0.2, 0.25) is 0 Å². The highest BCUT2D eigenvalue weighted by Gasteiger charge is 1.65. The Morgan fingerprint density at radius 3 is 2.11 bits per heavy atom. The summed E-state index contributed by atoms with van der Waals surface area (Å²) in [5.74, 6) is 0. The van der Waals surface area contributed by atoms with E-state index in [9.17, 15) is 0 Å². The number of aliphatic hydroxyl groups is 1. The fraction of sp³-hybridized carbons (Fsp3) is 0.833. The van der Waals surface area contributed by atoms with Crippen molar-refractivity contribution in [3.05, 3.63) is 0 Å². The molecule has 3 nitrogen and oxygen atoms in total. The highest BCUT2D eigenvalue weighted by atomic mass is 16.3. The molecule has 54 valence electrons. The van der Waals surface area contributed by atoms with Crippen LogP contribution in [0.1, 0.15) is 19.8 Å². The molecule has 0 aromatic heterocycles. The number of rotatable bonds is 2. The third-order valence-electron chi connectivity index (χ3n) is 0.491. The van der Waals surface area contributed by atoms with Crippen LogP contribution < -0.4 is 5.73 Å². The van der Waals surface area contributed by atoms with E-state index >= 15 is 0 Å². The SMILES string of the molecule is CCCC#N.NCCO. The van der Waals surface area contributed by atoms with Gasteiger partial charge in [-0.05, 0) is 6.42 Å². The van der Waals surface area contributed by atoms with Crippen LogP contribution >= 0.6 is 0 Å². The fourth-order valence-electron chi connectivity index (χ4n) is 0.112. The molecule has 0 amide bonds. The lowest BCUT2D eigenvalue weighted by molar-refractivity contribution is 0.306. The van der Waals surface area contributed by atoms with Crippen LogP contribution in [0.15, 0.2) is 0 Å². The highest BCUT2D eigenvalue weighted by molar-refractivity contribution is 4.65. The maximum Gasteiger partial charge on any atom is 0.0621 e. The van der Waals surface area contributed by atoms with Crippen molar-refractivity contribution in [1.29, 1.82) is 5.26 Å². The summed E-state index contributed by atoms with van der Waals surface area (Å²) in [6, 6.07) is 2.02. The monoisotopic (exact) mass is 130 g/mol. The van der Waals surface area contributed by atoms with E-state index in [2.05, 4.69) is 0 Å². The van der Waals surface area contributed by atoms with Gasteiger partial charge in [-0.15, -0.1) is 0 Å². The van der Waals surface area contributed by atoms with E-state index in [1.54, 1.807) is 0 Å². The van der Waals surface area contributed by atoms with E-state index in [1.165, 1.54) is 0 Å². The molecule has 3 heteroatoms. The second kappa shape index (κ2) is 15.7. The summed E-state index contributed by atoms with van der Waals surface area (Å²) >= 11 is 0. The van der Waals surface area contributed by atoms with Gasteiger partial charge in [0.1, 0.15) is 0 Å². The molecule has 0 bridgehead atoms. The van der Waals surface area contributed by atoms with Crippen molar-refractivity contribution in [2.24, 2.45) is 5.73 Å². The largest absolute Gasteiger partial charge is 0.395 e. The standard InChI is InChI=1S/C4H7N.C2H7NO/c1-2-3-4-5;3-1-2-4/h2-3H2,1H3;4H,1-3H2. The molecule has 0 aromatic carbocycles. The molecule has 0 saturated heterocycles. The first-order valence-electron chi connectivity index (χ1n) is 3.01. The average molecular weight is 130 g/mol. The first kappa shape index (κ1) is 11.2. The predicted octanol–water partition coefficient (Wildman–Crippen LogP) is 0.247. The van der Waals surface area contributed by atoms with Crippen molar-refractivity contribution in [3.8, 4) is 6.07 Å². The smallest absolute Gasteiger partial charge is 0.0621 e. The van der Waals surface area contributed by atoms with Crippen LogP contribution in [0.4, 0.5) is 0 Å². The summed E-state index contributed by atoms with van der Waals surface area (Å²) in [7, 11) is 0. The average Bonchev–Trinajstić information content (AvgIpc) is 1.91. The lowest BCUT2D eigenvalue weighted by atomic mass is 10.4. The van der Waals surface area contributed by atoms with Gasteiger partial charge >= 0.3 is 0 Å². The minimum atomic E-state index is 0.0972.